The zero-order chi connectivity index (χ0) is 21.0. The summed E-state index contributed by atoms with van der Waals surface area (Å²) in [5.74, 6) is 1.66. The summed E-state index contributed by atoms with van der Waals surface area (Å²) in [7, 11) is 1.81. The molecule has 30 heavy (non-hydrogen) atoms. The summed E-state index contributed by atoms with van der Waals surface area (Å²) in [4.78, 5) is 6.89. The van der Waals surface area contributed by atoms with E-state index in [-0.39, 0.29) is 0 Å². The average Bonchev–Trinajstić information content (AvgIpc) is 3.27. The lowest BCUT2D eigenvalue weighted by Crippen LogP contribution is -2.37. The van der Waals surface area contributed by atoms with Crippen LogP contribution in [0.5, 0.6) is 0 Å². The maximum Gasteiger partial charge on any atom is 0.191 e. The Morgan fingerprint density at radius 3 is 2.73 bits per heavy atom. The van der Waals surface area contributed by atoms with Crippen molar-refractivity contribution in [1.82, 2.24) is 15.5 Å². The zero-order valence-electron chi connectivity index (χ0n) is 18.9. The van der Waals surface area contributed by atoms with Crippen LogP contribution < -0.4 is 10.6 Å². The first-order valence-electron chi connectivity index (χ1n) is 11.7. The average molecular weight is 417 g/mol. The van der Waals surface area contributed by atoms with E-state index in [9.17, 15) is 0 Å². The number of guanidine groups is 1. The predicted molar refractivity (Wildman–Crippen MR) is 123 cm³/mol. The van der Waals surface area contributed by atoms with Crippen LogP contribution in [0.3, 0.4) is 0 Å². The molecule has 6 heteroatoms. The second kappa shape index (κ2) is 12.9. The normalized spacial score (nSPS) is 22.9. The van der Waals surface area contributed by atoms with Crippen LogP contribution >= 0.6 is 0 Å². The highest BCUT2D eigenvalue weighted by molar-refractivity contribution is 5.79. The van der Waals surface area contributed by atoms with E-state index >= 15 is 0 Å². The molecule has 1 aromatic carbocycles. The quantitative estimate of drug-likeness (QED) is 0.349. The lowest BCUT2D eigenvalue weighted by atomic mass is 9.99. The van der Waals surface area contributed by atoms with E-state index in [2.05, 4.69) is 51.7 Å². The van der Waals surface area contributed by atoms with Gasteiger partial charge in [-0.25, -0.2) is 0 Å². The van der Waals surface area contributed by atoms with Crippen molar-refractivity contribution in [3.8, 4) is 0 Å². The van der Waals surface area contributed by atoms with E-state index < -0.39 is 0 Å². The van der Waals surface area contributed by atoms with E-state index in [0.717, 1.165) is 70.6 Å². The molecule has 0 aliphatic carbocycles. The number of hydrogen-bond acceptors (Lipinski definition) is 4. The summed E-state index contributed by atoms with van der Waals surface area (Å²) in [5.41, 5.74) is 2.67. The first kappa shape index (κ1) is 23.0. The van der Waals surface area contributed by atoms with Gasteiger partial charge in [-0.1, -0.05) is 31.2 Å². The maximum absolute atomic E-state index is 5.70. The topological polar surface area (TPSA) is 58.1 Å². The van der Waals surface area contributed by atoms with E-state index in [1.165, 1.54) is 37.1 Å². The van der Waals surface area contributed by atoms with Gasteiger partial charge in [-0.05, 0) is 55.7 Å². The number of hydrogen-bond donors (Lipinski definition) is 2. The number of rotatable bonds is 10. The molecule has 168 valence electrons. The third-order valence-corrected chi connectivity index (χ3v) is 5.94. The highest BCUT2D eigenvalue weighted by Gasteiger charge is 2.16. The molecular weight excluding hydrogens is 376 g/mol. The minimum Gasteiger partial charge on any atom is -0.379 e. The summed E-state index contributed by atoms with van der Waals surface area (Å²) in [6, 6.07) is 8.97. The van der Waals surface area contributed by atoms with Crippen molar-refractivity contribution < 1.29 is 9.47 Å². The molecule has 0 amide bonds. The lowest BCUT2D eigenvalue weighted by Gasteiger charge is -2.30. The van der Waals surface area contributed by atoms with Gasteiger partial charge in [0.25, 0.3) is 0 Å². The van der Waals surface area contributed by atoms with Gasteiger partial charge in [-0.15, -0.1) is 0 Å². The number of aliphatic imine (C=N–C) groups is 1. The Labute approximate surface area is 182 Å². The number of nitrogens with one attached hydrogen (secondary N) is 2. The highest BCUT2D eigenvalue weighted by Crippen LogP contribution is 2.18. The van der Waals surface area contributed by atoms with Crippen molar-refractivity contribution in [2.24, 2.45) is 10.9 Å². The molecule has 2 aliphatic heterocycles. The second-order valence-electron chi connectivity index (χ2n) is 8.72. The molecule has 0 aromatic heterocycles. The number of nitrogens with zero attached hydrogens (tertiary/aromatic N) is 2. The Bertz CT molecular complexity index is 629. The minimum absolute atomic E-state index is 0.308. The molecule has 2 saturated heterocycles. The van der Waals surface area contributed by atoms with Gasteiger partial charge in [0.15, 0.2) is 5.96 Å². The molecule has 0 spiro atoms. The summed E-state index contributed by atoms with van der Waals surface area (Å²) in [6.07, 6.45) is 6.26. The molecule has 1 aromatic rings. The molecule has 6 nitrogen and oxygen atoms in total. The van der Waals surface area contributed by atoms with Crippen LogP contribution in [0.1, 0.15) is 50.2 Å². The van der Waals surface area contributed by atoms with Crippen molar-refractivity contribution >= 4 is 5.96 Å². The summed E-state index contributed by atoms with van der Waals surface area (Å²) < 4.78 is 11.3. The van der Waals surface area contributed by atoms with Gasteiger partial charge in [0.1, 0.15) is 0 Å². The molecule has 2 heterocycles. The number of piperidine rings is 1. The molecule has 3 rings (SSSR count). The largest absolute Gasteiger partial charge is 0.379 e. The van der Waals surface area contributed by atoms with Gasteiger partial charge in [0, 0.05) is 46.4 Å². The Balaban J connectivity index is 1.28. The molecule has 0 bridgehead atoms. The lowest BCUT2D eigenvalue weighted by molar-refractivity contribution is 0.0168. The van der Waals surface area contributed by atoms with Crippen LogP contribution in [-0.2, 0) is 22.6 Å². The Kier molecular flexibility index (Phi) is 9.93. The van der Waals surface area contributed by atoms with Gasteiger partial charge < -0.3 is 20.1 Å². The predicted octanol–water partition coefficient (Wildman–Crippen LogP) is 3.17. The first-order chi connectivity index (χ1) is 14.7. The monoisotopic (exact) mass is 416 g/mol. The molecule has 0 saturated carbocycles. The Hall–Kier alpha value is -1.63. The smallest absolute Gasteiger partial charge is 0.191 e. The van der Waals surface area contributed by atoms with Crippen LogP contribution in [0.4, 0.5) is 0 Å². The maximum atomic E-state index is 5.70. The summed E-state index contributed by atoms with van der Waals surface area (Å²) in [6.45, 7) is 9.86. The number of likely N-dealkylation sites (tertiary alicyclic amines) is 1. The fourth-order valence-electron chi connectivity index (χ4n) is 4.23. The van der Waals surface area contributed by atoms with Crippen molar-refractivity contribution in [3.63, 3.8) is 0 Å². The van der Waals surface area contributed by atoms with Gasteiger partial charge in [-0.2, -0.15) is 0 Å². The first-order valence-corrected chi connectivity index (χ1v) is 11.7. The zero-order valence-corrected chi connectivity index (χ0v) is 18.9. The molecular formula is C24H40N4O2. The standard InChI is InChI=1S/C24H40N4O2/c1-20-6-3-13-28(17-20)18-22-10-8-21(9-11-22)16-27-24(25-2)26-12-5-14-29-19-23-7-4-15-30-23/h8-11,20,23H,3-7,12-19H2,1-2H3,(H2,25,26,27). The third kappa shape index (κ3) is 8.25. The molecule has 2 aliphatic rings. The van der Waals surface area contributed by atoms with Gasteiger partial charge in [0.05, 0.1) is 12.7 Å². The van der Waals surface area contributed by atoms with E-state index in [0.29, 0.717) is 6.10 Å². The number of benzene rings is 1. The number of ether oxygens (including phenoxy) is 2. The molecule has 2 N–H and O–H groups in total. The van der Waals surface area contributed by atoms with E-state index in [4.69, 9.17) is 9.47 Å². The van der Waals surface area contributed by atoms with Gasteiger partial charge in [-0.3, -0.25) is 9.89 Å². The van der Waals surface area contributed by atoms with Crippen LogP contribution in [0.2, 0.25) is 0 Å². The SMILES string of the molecule is CN=C(NCCCOCC1CCCO1)NCc1ccc(CN2CCCC(C)C2)cc1. The van der Waals surface area contributed by atoms with Crippen LogP contribution in [0.15, 0.2) is 29.3 Å². The Morgan fingerprint density at radius 2 is 2.00 bits per heavy atom. The molecule has 0 radical (unpaired) electrons. The highest BCUT2D eigenvalue weighted by atomic mass is 16.5. The summed E-state index contributed by atoms with van der Waals surface area (Å²) >= 11 is 0. The van der Waals surface area contributed by atoms with Crippen molar-refractivity contribution in [2.45, 2.75) is 58.2 Å². The van der Waals surface area contributed by atoms with Crippen LogP contribution in [0.25, 0.3) is 0 Å². The van der Waals surface area contributed by atoms with Crippen LogP contribution in [-0.4, -0.2) is 63.5 Å². The van der Waals surface area contributed by atoms with E-state index in [1.54, 1.807) is 0 Å². The van der Waals surface area contributed by atoms with Crippen molar-refractivity contribution in [2.75, 3.05) is 46.5 Å². The van der Waals surface area contributed by atoms with Crippen LogP contribution in [0, 0.1) is 5.92 Å². The fraction of sp³-hybridized carbons (Fsp3) is 0.708. The molecule has 2 unspecified atom stereocenters. The molecule has 2 fully saturated rings. The van der Waals surface area contributed by atoms with Crippen molar-refractivity contribution in [3.05, 3.63) is 35.4 Å². The minimum atomic E-state index is 0.308. The second-order valence-corrected chi connectivity index (χ2v) is 8.72. The van der Waals surface area contributed by atoms with Gasteiger partial charge in [0.2, 0.25) is 0 Å². The van der Waals surface area contributed by atoms with Crippen molar-refractivity contribution in [1.29, 1.82) is 0 Å². The summed E-state index contributed by atoms with van der Waals surface area (Å²) in [5, 5.41) is 6.75. The Morgan fingerprint density at radius 1 is 1.17 bits per heavy atom. The fourth-order valence-corrected chi connectivity index (χ4v) is 4.23. The van der Waals surface area contributed by atoms with E-state index in [1.807, 2.05) is 7.05 Å². The third-order valence-electron chi connectivity index (χ3n) is 5.94. The van der Waals surface area contributed by atoms with Gasteiger partial charge >= 0.3 is 0 Å². The molecule has 2 atom stereocenters.